The van der Waals surface area contributed by atoms with E-state index >= 15 is 0 Å². The Morgan fingerprint density at radius 2 is 2.09 bits per heavy atom. The van der Waals surface area contributed by atoms with Crippen LogP contribution in [0, 0.1) is 11.7 Å². The van der Waals surface area contributed by atoms with E-state index in [9.17, 15) is 9.18 Å². The molecular weight excluding hydrogens is 287 g/mol. The van der Waals surface area contributed by atoms with E-state index in [4.69, 9.17) is 4.74 Å². The average Bonchev–Trinajstić information content (AvgIpc) is 2.93. The summed E-state index contributed by atoms with van der Waals surface area (Å²) in [6.45, 7) is 3.01. The summed E-state index contributed by atoms with van der Waals surface area (Å²) in [6.07, 6.45) is 1.98. The number of H-pyrrole nitrogens is 2. The zero-order valence-corrected chi connectivity index (χ0v) is 12.2. The van der Waals surface area contributed by atoms with Crippen LogP contribution in [0.2, 0.25) is 0 Å². The van der Waals surface area contributed by atoms with E-state index in [1.807, 2.05) is 0 Å². The maximum absolute atomic E-state index is 13.5. The number of benzene rings is 1. The van der Waals surface area contributed by atoms with Crippen LogP contribution in [0.4, 0.5) is 4.39 Å². The van der Waals surface area contributed by atoms with Gasteiger partial charge in [-0.15, -0.1) is 0 Å². The Balaban J connectivity index is 1.44. The summed E-state index contributed by atoms with van der Waals surface area (Å²) in [5, 5.41) is 6.28. The number of halogens is 1. The minimum atomic E-state index is -0.317. The number of nitrogens with zero attached hydrogens (tertiary/aromatic N) is 2. The van der Waals surface area contributed by atoms with Gasteiger partial charge in [0.15, 0.2) is 11.6 Å². The Labute approximate surface area is 127 Å². The van der Waals surface area contributed by atoms with Gasteiger partial charge in [-0.1, -0.05) is 12.1 Å². The van der Waals surface area contributed by atoms with Gasteiger partial charge in [-0.2, -0.15) is 5.10 Å². The highest BCUT2D eigenvalue weighted by Gasteiger charge is 2.21. The molecule has 2 N–H and O–H groups in total. The molecule has 2 heterocycles. The average molecular weight is 306 g/mol. The van der Waals surface area contributed by atoms with Crippen LogP contribution in [0.15, 0.2) is 29.1 Å². The summed E-state index contributed by atoms with van der Waals surface area (Å²) < 4.78 is 19.1. The lowest BCUT2D eigenvalue weighted by atomic mass is 9.98. The smallest absolute Gasteiger partial charge is 0.340 e. The summed E-state index contributed by atoms with van der Waals surface area (Å²) in [5.41, 5.74) is -0.275. The number of hydrogen-bond donors (Lipinski definition) is 2. The molecule has 0 atom stereocenters. The van der Waals surface area contributed by atoms with E-state index in [0.717, 1.165) is 25.9 Å². The van der Waals surface area contributed by atoms with E-state index in [0.29, 0.717) is 30.6 Å². The van der Waals surface area contributed by atoms with Crippen LogP contribution in [0.1, 0.15) is 18.7 Å². The molecule has 0 radical (unpaired) electrons. The van der Waals surface area contributed by atoms with Gasteiger partial charge in [0.05, 0.1) is 13.2 Å². The second-order valence-electron chi connectivity index (χ2n) is 5.59. The monoisotopic (exact) mass is 306 g/mol. The van der Waals surface area contributed by atoms with Crippen molar-refractivity contribution in [3.63, 3.8) is 0 Å². The summed E-state index contributed by atoms with van der Waals surface area (Å²) in [6, 6.07) is 6.48. The first kappa shape index (κ1) is 14.8. The van der Waals surface area contributed by atoms with Gasteiger partial charge in [-0.3, -0.25) is 9.88 Å². The number of ether oxygens (including phenoxy) is 1. The second kappa shape index (κ2) is 6.74. The van der Waals surface area contributed by atoms with Crippen LogP contribution in [0.3, 0.4) is 0 Å². The number of likely N-dealkylation sites (tertiary alicyclic amines) is 1. The fourth-order valence-corrected chi connectivity index (χ4v) is 2.67. The van der Waals surface area contributed by atoms with Crippen LogP contribution in [0.5, 0.6) is 5.75 Å². The van der Waals surface area contributed by atoms with Crippen molar-refractivity contribution < 1.29 is 9.13 Å². The lowest BCUT2D eigenvalue weighted by Crippen LogP contribution is -2.35. The molecular formula is C15H19FN4O2. The maximum Gasteiger partial charge on any atom is 0.340 e. The normalized spacial score (nSPS) is 16.8. The van der Waals surface area contributed by atoms with Crippen molar-refractivity contribution in [2.24, 2.45) is 5.92 Å². The highest BCUT2D eigenvalue weighted by atomic mass is 19.1. The molecule has 0 amide bonds. The zero-order chi connectivity index (χ0) is 15.4. The predicted octanol–water partition coefficient (Wildman–Crippen LogP) is 1.53. The lowest BCUT2D eigenvalue weighted by molar-refractivity contribution is 0.133. The molecule has 1 saturated heterocycles. The Bertz CT molecular complexity index is 661. The molecule has 1 fully saturated rings. The first-order valence-electron chi connectivity index (χ1n) is 7.44. The number of hydrogen-bond acceptors (Lipinski definition) is 4. The standard InChI is InChI=1S/C15H19FN4O2/c16-12-3-1-2-4-13(12)22-10-11-5-7-20(8-6-11)9-14-17-15(21)19-18-14/h1-4,11H,5-10H2,(H2,17,18,19,21). The van der Waals surface area contributed by atoms with Gasteiger partial charge in [0.25, 0.3) is 0 Å². The maximum atomic E-state index is 13.5. The molecule has 0 spiro atoms. The molecule has 0 saturated carbocycles. The van der Waals surface area contributed by atoms with Gasteiger partial charge in [0, 0.05) is 0 Å². The van der Waals surface area contributed by atoms with Crippen molar-refractivity contribution in [3.8, 4) is 5.75 Å². The molecule has 0 bridgehead atoms. The van der Waals surface area contributed by atoms with E-state index in [-0.39, 0.29) is 11.5 Å². The van der Waals surface area contributed by atoms with Crippen LogP contribution in [-0.4, -0.2) is 39.8 Å². The fourth-order valence-electron chi connectivity index (χ4n) is 2.67. The third-order valence-corrected chi connectivity index (χ3v) is 3.94. The first-order chi connectivity index (χ1) is 10.7. The molecule has 3 rings (SSSR count). The van der Waals surface area contributed by atoms with Crippen LogP contribution in [-0.2, 0) is 6.54 Å². The fraction of sp³-hybridized carbons (Fsp3) is 0.467. The minimum Gasteiger partial charge on any atom is -0.490 e. The third-order valence-electron chi connectivity index (χ3n) is 3.94. The van der Waals surface area contributed by atoms with Gasteiger partial charge in [0.1, 0.15) is 5.82 Å². The molecule has 0 aliphatic carbocycles. The topological polar surface area (TPSA) is 74.0 Å². The lowest BCUT2D eigenvalue weighted by Gasteiger charge is -2.31. The van der Waals surface area contributed by atoms with E-state index in [1.54, 1.807) is 18.2 Å². The molecule has 1 aromatic heterocycles. The molecule has 6 nitrogen and oxygen atoms in total. The molecule has 22 heavy (non-hydrogen) atoms. The molecule has 1 aromatic carbocycles. The summed E-state index contributed by atoms with van der Waals surface area (Å²) in [4.78, 5) is 15.9. The highest BCUT2D eigenvalue weighted by molar-refractivity contribution is 5.23. The van der Waals surface area contributed by atoms with Gasteiger partial charge >= 0.3 is 5.69 Å². The van der Waals surface area contributed by atoms with Crippen molar-refractivity contribution >= 4 is 0 Å². The van der Waals surface area contributed by atoms with Crippen LogP contribution >= 0.6 is 0 Å². The number of piperidine rings is 1. The SMILES string of the molecule is O=c1[nH]nc(CN2CCC(COc3ccccc3F)CC2)[nH]1. The Morgan fingerprint density at radius 3 is 2.77 bits per heavy atom. The largest absolute Gasteiger partial charge is 0.490 e. The number of aromatic amines is 2. The zero-order valence-electron chi connectivity index (χ0n) is 12.2. The van der Waals surface area contributed by atoms with Crippen LogP contribution < -0.4 is 10.4 Å². The molecule has 1 aliphatic rings. The molecule has 0 unspecified atom stereocenters. The van der Waals surface area contributed by atoms with E-state index in [2.05, 4.69) is 20.1 Å². The second-order valence-corrected chi connectivity index (χ2v) is 5.59. The Hall–Kier alpha value is -2.15. The molecule has 2 aromatic rings. The Kier molecular flexibility index (Phi) is 4.53. The predicted molar refractivity (Wildman–Crippen MR) is 79.1 cm³/mol. The highest BCUT2D eigenvalue weighted by Crippen LogP contribution is 2.21. The summed E-state index contributed by atoms with van der Waals surface area (Å²) in [7, 11) is 0. The number of nitrogens with one attached hydrogen (secondary N) is 2. The van der Waals surface area contributed by atoms with Gasteiger partial charge in [-0.25, -0.2) is 14.3 Å². The summed E-state index contributed by atoms with van der Waals surface area (Å²) in [5.74, 6) is 1.08. The molecule has 1 aliphatic heterocycles. The number of aromatic nitrogens is 3. The molecule has 118 valence electrons. The van der Waals surface area contributed by atoms with E-state index < -0.39 is 0 Å². The van der Waals surface area contributed by atoms with Crippen LogP contribution in [0.25, 0.3) is 0 Å². The minimum absolute atomic E-state index is 0.275. The van der Waals surface area contributed by atoms with Gasteiger partial charge in [-0.05, 0) is 44.0 Å². The molecule has 7 heteroatoms. The van der Waals surface area contributed by atoms with Crippen molar-refractivity contribution in [2.45, 2.75) is 19.4 Å². The van der Waals surface area contributed by atoms with Gasteiger partial charge in [0.2, 0.25) is 0 Å². The van der Waals surface area contributed by atoms with Crippen molar-refractivity contribution in [1.29, 1.82) is 0 Å². The van der Waals surface area contributed by atoms with Crippen molar-refractivity contribution in [2.75, 3.05) is 19.7 Å². The Morgan fingerprint density at radius 1 is 1.32 bits per heavy atom. The number of para-hydroxylation sites is 1. The van der Waals surface area contributed by atoms with Gasteiger partial charge < -0.3 is 4.74 Å². The number of rotatable bonds is 5. The third kappa shape index (κ3) is 3.73. The quantitative estimate of drug-likeness (QED) is 0.878. The summed E-state index contributed by atoms with van der Waals surface area (Å²) >= 11 is 0. The van der Waals surface area contributed by atoms with E-state index in [1.165, 1.54) is 6.07 Å². The van der Waals surface area contributed by atoms with Crippen molar-refractivity contribution in [3.05, 3.63) is 46.4 Å². The van der Waals surface area contributed by atoms with Crippen molar-refractivity contribution in [1.82, 2.24) is 20.1 Å². The first-order valence-corrected chi connectivity index (χ1v) is 7.44.